The second kappa shape index (κ2) is 8.62. The van der Waals surface area contributed by atoms with Gasteiger partial charge in [-0.05, 0) is 48.4 Å². The number of ether oxygens (including phenoxy) is 2. The van der Waals surface area contributed by atoms with Crippen LogP contribution in [0.3, 0.4) is 0 Å². The Morgan fingerprint density at radius 3 is 2.75 bits per heavy atom. The first-order chi connectivity index (χ1) is 15.4. The van der Waals surface area contributed by atoms with Gasteiger partial charge in [0.25, 0.3) is 0 Å². The van der Waals surface area contributed by atoms with E-state index in [1.54, 1.807) is 37.4 Å². The van der Waals surface area contributed by atoms with Crippen molar-refractivity contribution in [2.75, 3.05) is 19.0 Å². The first-order valence-electron chi connectivity index (χ1n) is 9.91. The highest BCUT2D eigenvalue weighted by molar-refractivity contribution is 5.91. The molecule has 0 spiro atoms. The third-order valence-corrected chi connectivity index (χ3v) is 5.32. The zero-order valence-electron chi connectivity index (χ0n) is 17.5. The summed E-state index contributed by atoms with van der Waals surface area (Å²) in [6.07, 6.45) is 3.30. The molecule has 1 atom stereocenters. The Morgan fingerprint density at radius 2 is 2.03 bits per heavy atom. The van der Waals surface area contributed by atoms with E-state index in [0.717, 1.165) is 0 Å². The van der Waals surface area contributed by atoms with Crippen molar-refractivity contribution < 1.29 is 23.5 Å². The van der Waals surface area contributed by atoms with Crippen molar-refractivity contribution in [2.24, 2.45) is 0 Å². The highest BCUT2D eigenvalue weighted by atomic mass is 19.1. The van der Waals surface area contributed by atoms with E-state index in [1.807, 2.05) is 0 Å². The van der Waals surface area contributed by atoms with Gasteiger partial charge in [-0.1, -0.05) is 12.1 Å². The van der Waals surface area contributed by atoms with Gasteiger partial charge in [-0.2, -0.15) is 0 Å². The van der Waals surface area contributed by atoms with Gasteiger partial charge in [-0.25, -0.2) is 19.0 Å². The number of hydrogen-bond acceptors (Lipinski definition) is 6. The zero-order valence-corrected chi connectivity index (χ0v) is 17.5. The summed E-state index contributed by atoms with van der Waals surface area (Å²) >= 11 is 0. The number of nitrogens with one attached hydrogen (secondary N) is 2. The maximum Gasteiger partial charge on any atom is 0.356 e. The molecule has 4 rings (SSSR count). The van der Waals surface area contributed by atoms with E-state index in [4.69, 9.17) is 4.74 Å². The molecule has 8 nitrogen and oxygen atoms in total. The van der Waals surface area contributed by atoms with Crippen LogP contribution in [0.15, 0.2) is 54.9 Å². The zero-order chi connectivity index (χ0) is 22.7. The Kier molecular flexibility index (Phi) is 5.72. The monoisotopic (exact) mass is 436 g/mol. The van der Waals surface area contributed by atoms with Crippen LogP contribution in [-0.2, 0) is 10.3 Å². The van der Waals surface area contributed by atoms with Crippen LogP contribution in [0.4, 0.5) is 14.9 Å². The van der Waals surface area contributed by atoms with E-state index in [-0.39, 0.29) is 11.5 Å². The second-order valence-corrected chi connectivity index (χ2v) is 7.32. The normalized spacial score (nSPS) is 17.0. The van der Waals surface area contributed by atoms with Gasteiger partial charge in [-0.15, -0.1) is 0 Å². The Balaban J connectivity index is 1.67. The molecule has 3 heterocycles. The average Bonchev–Trinajstić information content (AvgIpc) is 2.81. The Bertz CT molecular complexity index is 1170. The minimum atomic E-state index is -1.10. The molecule has 9 heteroatoms. The first kappa shape index (κ1) is 21.2. The van der Waals surface area contributed by atoms with Crippen LogP contribution in [0.1, 0.15) is 33.7 Å². The number of rotatable bonds is 4. The van der Waals surface area contributed by atoms with Crippen LogP contribution in [0.5, 0.6) is 5.75 Å². The van der Waals surface area contributed by atoms with Gasteiger partial charge >= 0.3 is 12.0 Å². The summed E-state index contributed by atoms with van der Waals surface area (Å²) in [5.41, 5.74) is 0.925. The third kappa shape index (κ3) is 3.96. The van der Waals surface area contributed by atoms with Crippen LogP contribution < -0.4 is 15.4 Å². The van der Waals surface area contributed by atoms with Gasteiger partial charge in [0.05, 0.1) is 25.6 Å². The molecule has 0 bridgehead atoms. The van der Waals surface area contributed by atoms with Crippen LogP contribution in [0.25, 0.3) is 0 Å². The van der Waals surface area contributed by atoms with E-state index < -0.39 is 17.5 Å². The van der Waals surface area contributed by atoms with Crippen molar-refractivity contribution in [1.82, 2.24) is 15.3 Å². The molecule has 1 aromatic carbocycles. The molecular weight excluding hydrogens is 415 g/mol. The number of carbonyl (C=O) groups is 2. The summed E-state index contributed by atoms with van der Waals surface area (Å²) in [6, 6.07) is 10.8. The van der Waals surface area contributed by atoms with Crippen LogP contribution in [0, 0.1) is 12.7 Å². The molecule has 0 radical (unpaired) electrons. The van der Waals surface area contributed by atoms with E-state index in [0.29, 0.717) is 41.3 Å². The quantitative estimate of drug-likeness (QED) is 0.607. The van der Waals surface area contributed by atoms with Gasteiger partial charge in [0.1, 0.15) is 28.5 Å². The maximum atomic E-state index is 14.5. The van der Waals surface area contributed by atoms with Crippen molar-refractivity contribution in [2.45, 2.75) is 18.9 Å². The standard InChI is InChI=1S/C23H21FN4O4/c1-14-5-6-15(12-17(14)24)23(9-11-32-19-4-3-10-25-20(19)23)28-22(30)27-16-7-8-18(26-13-16)21(29)31-2/h3-8,10,12-13H,9,11H2,1-2H3,(H2,27,28,30)/t23-/m0/s1. The number of amides is 2. The van der Waals surface area contributed by atoms with Gasteiger partial charge < -0.3 is 20.1 Å². The fourth-order valence-electron chi connectivity index (χ4n) is 3.64. The van der Waals surface area contributed by atoms with E-state index in [1.165, 1.54) is 31.5 Å². The van der Waals surface area contributed by atoms with Crippen molar-refractivity contribution in [3.63, 3.8) is 0 Å². The van der Waals surface area contributed by atoms with E-state index in [2.05, 4.69) is 25.3 Å². The van der Waals surface area contributed by atoms with Gasteiger partial charge in [0, 0.05) is 12.6 Å². The van der Waals surface area contributed by atoms with Crippen LogP contribution >= 0.6 is 0 Å². The van der Waals surface area contributed by atoms with E-state index in [9.17, 15) is 14.0 Å². The Morgan fingerprint density at radius 1 is 1.19 bits per heavy atom. The number of methoxy groups -OCH3 is 1. The van der Waals surface area contributed by atoms with E-state index >= 15 is 0 Å². The molecule has 1 aliphatic heterocycles. The largest absolute Gasteiger partial charge is 0.491 e. The lowest BCUT2D eigenvalue weighted by Crippen LogP contribution is -2.51. The molecule has 0 saturated heterocycles. The molecule has 0 saturated carbocycles. The number of anilines is 1. The van der Waals surface area contributed by atoms with Gasteiger partial charge in [0.15, 0.2) is 0 Å². The van der Waals surface area contributed by atoms with Crippen molar-refractivity contribution in [3.8, 4) is 5.75 Å². The minimum absolute atomic E-state index is 0.118. The number of urea groups is 1. The lowest BCUT2D eigenvalue weighted by atomic mass is 9.81. The SMILES string of the molecule is COC(=O)c1ccc(NC(=O)N[C@]2(c3ccc(C)c(F)c3)CCOc3cccnc32)cn1. The molecule has 2 aromatic heterocycles. The third-order valence-electron chi connectivity index (χ3n) is 5.32. The molecule has 2 amide bonds. The predicted octanol–water partition coefficient (Wildman–Crippen LogP) is 3.56. The van der Waals surface area contributed by atoms with Crippen LogP contribution in [-0.4, -0.2) is 35.7 Å². The predicted molar refractivity (Wildman–Crippen MR) is 114 cm³/mol. The fourth-order valence-corrected chi connectivity index (χ4v) is 3.64. The topological polar surface area (TPSA) is 102 Å². The average molecular weight is 436 g/mol. The number of carbonyl (C=O) groups excluding carboxylic acids is 2. The summed E-state index contributed by atoms with van der Waals surface area (Å²) in [5, 5.41) is 5.67. The lowest BCUT2D eigenvalue weighted by Gasteiger charge is -2.39. The molecule has 0 fully saturated rings. The van der Waals surface area contributed by atoms with Crippen molar-refractivity contribution in [3.05, 3.63) is 83.2 Å². The number of pyridine rings is 2. The molecule has 164 valence electrons. The number of hydrogen-bond donors (Lipinski definition) is 2. The summed E-state index contributed by atoms with van der Waals surface area (Å²) < 4.78 is 24.8. The van der Waals surface area contributed by atoms with Gasteiger partial charge in [0.2, 0.25) is 0 Å². The molecule has 0 unspecified atom stereocenters. The number of aryl methyl sites for hydroxylation is 1. The maximum absolute atomic E-state index is 14.5. The second-order valence-electron chi connectivity index (χ2n) is 7.32. The summed E-state index contributed by atoms with van der Waals surface area (Å²) in [6.45, 7) is 1.98. The first-order valence-corrected chi connectivity index (χ1v) is 9.91. The molecule has 32 heavy (non-hydrogen) atoms. The molecule has 1 aliphatic rings. The number of benzene rings is 1. The Labute approximate surface area is 183 Å². The number of nitrogens with zero attached hydrogens (tertiary/aromatic N) is 2. The Hall–Kier alpha value is -4.01. The van der Waals surface area contributed by atoms with Crippen LogP contribution in [0.2, 0.25) is 0 Å². The van der Waals surface area contributed by atoms with Crippen molar-refractivity contribution in [1.29, 1.82) is 0 Å². The lowest BCUT2D eigenvalue weighted by molar-refractivity contribution is 0.0594. The number of esters is 1. The number of halogens is 1. The smallest absolute Gasteiger partial charge is 0.356 e. The highest BCUT2D eigenvalue weighted by Gasteiger charge is 2.42. The minimum Gasteiger partial charge on any atom is -0.491 e. The number of aromatic nitrogens is 2. The molecule has 0 aliphatic carbocycles. The summed E-state index contributed by atoms with van der Waals surface area (Å²) in [7, 11) is 1.26. The highest BCUT2D eigenvalue weighted by Crippen LogP contribution is 2.40. The molecule has 3 aromatic rings. The number of fused-ring (bicyclic) bond motifs is 1. The molecule has 2 N–H and O–H groups in total. The summed E-state index contributed by atoms with van der Waals surface area (Å²) in [4.78, 5) is 33.0. The fraction of sp³-hybridized carbons (Fsp3) is 0.217. The van der Waals surface area contributed by atoms with Gasteiger partial charge in [-0.3, -0.25) is 4.98 Å². The molecular formula is C23H21FN4O4. The van der Waals surface area contributed by atoms with Crippen molar-refractivity contribution >= 4 is 17.7 Å². The summed E-state index contributed by atoms with van der Waals surface area (Å²) in [5.74, 6) is -0.439.